The molecule has 5 rings (SSSR count). The van der Waals surface area contributed by atoms with Crippen molar-refractivity contribution in [1.82, 2.24) is 4.57 Å². The van der Waals surface area contributed by atoms with Crippen LogP contribution in [-0.4, -0.2) is 15.7 Å². The normalized spacial score (nSPS) is 15.2. The van der Waals surface area contributed by atoms with Crippen LogP contribution in [0.4, 0.5) is 10.5 Å². The van der Waals surface area contributed by atoms with E-state index in [1.54, 1.807) is 18.2 Å². The van der Waals surface area contributed by atoms with Gasteiger partial charge in [0, 0.05) is 38.8 Å². The Morgan fingerprint density at radius 2 is 1.67 bits per heavy atom. The zero-order valence-electron chi connectivity index (χ0n) is 17.6. The highest BCUT2D eigenvalue weighted by molar-refractivity contribution is 8.19. The van der Waals surface area contributed by atoms with Crippen molar-refractivity contribution in [3.05, 3.63) is 105 Å². The van der Waals surface area contributed by atoms with Crippen molar-refractivity contribution in [2.24, 2.45) is 0 Å². The lowest BCUT2D eigenvalue weighted by Crippen LogP contribution is -2.27. The van der Waals surface area contributed by atoms with Crippen LogP contribution in [0.5, 0.6) is 0 Å². The van der Waals surface area contributed by atoms with Crippen molar-refractivity contribution in [3.8, 4) is 0 Å². The maximum absolute atomic E-state index is 13.1. The van der Waals surface area contributed by atoms with Gasteiger partial charge < -0.3 is 4.57 Å². The van der Waals surface area contributed by atoms with Crippen LogP contribution in [0.3, 0.4) is 0 Å². The van der Waals surface area contributed by atoms with Crippen LogP contribution in [0, 0.1) is 6.92 Å². The van der Waals surface area contributed by atoms with Gasteiger partial charge in [-0.05, 0) is 60.7 Å². The molecule has 4 nitrogen and oxygen atoms in total. The molecule has 1 aliphatic heterocycles. The third-order valence-electron chi connectivity index (χ3n) is 5.71. The van der Waals surface area contributed by atoms with Crippen molar-refractivity contribution in [2.75, 3.05) is 4.90 Å². The molecule has 164 valence electrons. The molecule has 1 fully saturated rings. The number of hydrogen-bond acceptors (Lipinski definition) is 3. The first-order valence-corrected chi connectivity index (χ1v) is 11.9. The molecular formula is C26H18Cl2N2O2S. The summed E-state index contributed by atoms with van der Waals surface area (Å²) in [6, 6.07) is 22.5. The first kappa shape index (κ1) is 21.8. The molecule has 2 heterocycles. The monoisotopic (exact) mass is 492 g/mol. The summed E-state index contributed by atoms with van der Waals surface area (Å²) in [6.07, 6.45) is 1.82. The molecule has 0 spiro atoms. The largest absolute Gasteiger partial charge is 0.340 e. The number of fused-ring (bicyclic) bond motifs is 1. The number of aromatic nitrogens is 1. The van der Waals surface area contributed by atoms with Gasteiger partial charge in [0.15, 0.2) is 0 Å². The van der Waals surface area contributed by atoms with E-state index < -0.39 is 0 Å². The van der Waals surface area contributed by atoms with Crippen molar-refractivity contribution in [3.63, 3.8) is 0 Å². The zero-order valence-corrected chi connectivity index (χ0v) is 19.9. The number of rotatable bonds is 4. The maximum Gasteiger partial charge on any atom is 0.298 e. The Morgan fingerprint density at radius 3 is 2.42 bits per heavy atom. The molecule has 0 aliphatic carbocycles. The van der Waals surface area contributed by atoms with E-state index in [0.29, 0.717) is 27.2 Å². The highest BCUT2D eigenvalue weighted by Crippen LogP contribution is 2.38. The number of halogens is 2. The number of imide groups is 1. The van der Waals surface area contributed by atoms with E-state index in [0.717, 1.165) is 39.5 Å². The van der Waals surface area contributed by atoms with E-state index in [1.165, 1.54) is 4.90 Å². The number of carbonyl (C=O) groups excluding carboxylic acids is 2. The first-order chi connectivity index (χ1) is 15.9. The molecule has 1 saturated heterocycles. The lowest BCUT2D eigenvalue weighted by molar-refractivity contribution is -0.113. The van der Waals surface area contributed by atoms with Crippen molar-refractivity contribution < 1.29 is 9.59 Å². The van der Waals surface area contributed by atoms with E-state index in [1.807, 2.05) is 67.6 Å². The van der Waals surface area contributed by atoms with Gasteiger partial charge in [-0.25, -0.2) is 4.90 Å². The molecule has 0 atom stereocenters. The number of carbonyl (C=O) groups is 2. The Morgan fingerprint density at radius 1 is 0.939 bits per heavy atom. The number of para-hydroxylation sites is 2. The van der Waals surface area contributed by atoms with Gasteiger partial charge in [-0.2, -0.15) is 0 Å². The predicted octanol–water partition coefficient (Wildman–Crippen LogP) is 7.55. The summed E-state index contributed by atoms with van der Waals surface area (Å²) < 4.78 is 2.16. The highest BCUT2D eigenvalue weighted by atomic mass is 35.5. The molecule has 7 heteroatoms. The van der Waals surface area contributed by atoms with Gasteiger partial charge in [-0.15, -0.1) is 0 Å². The Hall–Kier alpha value is -2.99. The average molecular weight is 493 g/mol. The van der Waals surface area contributed by atoms with Crippen LogP contribution in [0.15, 0.2) is 77.7 Å². The Kier molecular flexibility index (Phi) is 5.79. The van der Waals surface area contributed by atoms with Gasteiger partial charge in [-0.3, -0.25) is 9.59 Å². The van der Waals surface area contributed by atoms with Crippen LogP contribution in [0.25, 0.3) is 17.0 Å². The molecule has 0 unspecified atom stereocenters. The Balaban J connectivity index is 1.58. The van der Waals surface area contributed by atoms with E-state index in [-0.39, 0.29) is 11.1 Å². The number of thioether (sulfide) groups is 1. The first-order valence-electron chi connectivity index (χ1n) is 10.3. The number of hydrogen-bond donors (Lipinski definition) is 0. The third-order valence-corrected chi connectivity index (χ3v) is 7.16. The lowest BCUT2D eigenvalue weighted by atomic mass is 10.1. The molecule has 4 aromatic rings. The minimum absolute atomic E-state index is 0.299. The number of nitrogens with zero attached hydrogens (tertiary/aromatic N) is 2. The molecule has 0 radical (unpaired) electrons. The van der Waals surface area contributed by atoms with Gasteiger partial charge in [0.05, 0.1) is 10.6 Å². The van der Waals surface area contributed by atoms with Crippen molar-refractivity contribution in [2.45, 2.75) is 13.5 Å². The fraction of sp³-hybridized carbons (Fsp3) is 0.0769. The fourth-order valence-corrected chi connectivity index (χ4v) is 5.35. The topological polar surface area (TPSA) is 42.3 Å². The molecule has 2 amide bonds. The van der Waals surface area contributed by atoms with E-state index in [9.17, 15) is 9.59 Å². The van der Waals surface area contributed by atoms with Crippen molar-refractivity contribution >= 4 is 68.8 Å². The zero-order chi connectivity index (χ0) is 23.1. The smallest absolute Gasteiger partial charge is 0.298 e. The van der Waals surface area contributed by atoms with Crippen molar-refractivity contribution in [1.29, 1.82) is 0 Å². The molecular weight excluding hydrogens is 475 g/mol. The second-order valence-corrected chi connectivity index (χ2v) is 9.53. The van der Waals surface area contributed by atoms with Gasteiger partial charge >= 0.3 is 0 Å². The Bertz CT molecular complexity index is 1440. The summed E-state index contributed by atoms with van der Waals surface area (Å²) in [5, 5.41) is 1.90. The Labute approximate surface area is 205 Å². The molecule has 3 aromatic carbocycles. The summed E-state index contributed by atoms with van der Waals surface area (Å²) in [5.74, 6) is -0.312. The molecule has 33 heavy (non-hydrogen) atoms. The van der Waals surface area contributed by atoms with Crippen LogP contribution >= 0.6 is 35.0 Å². The third kappa shape index (κ3) is 3.97. The standard InChI is InChI=1S/C26H18Cl2N2O2S/c1-16-21(14-24-25(31)30(26(32)33-24)19-7-3-2-4-8-19)20-9-5-6-10-23(20)29(16)15-17-11-12-18(27)13-22(17)28/h2-14H,15H2,1H3/b24-14-. The number of anilines is 1. The van der Waals surface area contributed by atoms with Crippen LogP contribution in [0.1, 0.15) is 16.8 Å². The molecule has 1 aliphatic rings. The van der Waals surface area contributed by atoms with Gasteiger partial charge in [0.2, 0.25) is 0 Å². The number of benzene rings is 3. The molecule has 1 aromatic heterocycles. The maximum atomic E-state index is 13.1. The lowest BCUT2D eigenvalue weighted by Gasteiger charge is -2.11. The highest BCUT2D eigenvalue weighted by Gasteiger charge is 2.36. The molecule has 0 bridgehead atoms. The van der Waals surface area contributed by atoms with E-state index in [4.69, 9.17) is 23.2 Å². The summed E-state index contributed by atoms with van der Waals surface area (Å²) in [7, 11) is 0. The number of amides is 2. The van der Waals surface area contributed by atoms with Crippen LogP contribution < -0.4 is 4.90 Å². The summed E-state index contributed by atoms with van der Waals surface area (Å²) in [6.45, 7) is 2.57. The summed E-state index contributed by atoms with van der Waals surface area (Å²) in [4.78, 5) is 27.4. The van der Waals surface area contributed by atoms with Gasteiger partial charge in [0.25, 0.3) is 11.1 Å². The quantitative estimate of drug-likeness (QED) is 0.276. The van der Waals surface area contributed by atoms with Gasteiger partial charge in [-0.1, -0.05) is 65.7 Å². The second-order valence-electron chi connectivity index (χ2n) is 7.69. The minimum Gasteiger partial charge on any atom is -0.340 e. The van der Waals surface area contributed by atoms with Crippen LogP contribution in [0.2, 0.25) is 10.0 Å². The predicted molar refractivity (Wildman–Crippen MR) is 137 cm³/mol. The SMILES string of the molecule is Cc1c(/C=C2\SC(=O)N(c3ccccc3)C2=O)c2ccccc2n1Cc1ccc(Cl)cc1Cl. The fourth-order valence-electron chi connectivity index (χ4n) is 4.06. The molecule has 0 saturated carbocycles. The van der Waals surface area contributed by atoms with Gasteiger partial charge in [0.1, 0.15) is 0 Å². The van der Waals surface area contributed by atoms with E-state index >= 15 is 0 Å². The second kappa shape index (κ2) is 8.75. The summed E-state index contributed by atoms with van der Waals surface area (Å²) in [5.41, 5.74) is 4.43. The van der Waals surface area contributed by atoms with E-state index in [2.05, 4.69) is 4.57 Å². The molecule has 0 N–H and O–H groups in total. The van der Waals surface area contributed by atoms with Crippen LogP contribution in [-0.2, 0) is 11.3 Å². The minimum atomic E-state index is -0.312. The average Bonchev–Trinajstić information content (AvgIpc) is 3.24. The summed E-state index contributed by atoms with van der Waals surface area (Å²) >= 11 is 13.5.